The Balaban J connectivity index is 2.32. The lowest BCUT2D eigenvalue weighted by atomic mass is 9.87. The van der Waals surface area contributed by atoms with Crippen molar-refractivity contribution in [1.82, 2.24) is 4.90 Å². The molecule has 2 rings (SSSR count). The summed E-state index contributed by atoms with van der Waals surface area (Å²) >= 11 is 0. The molecule has 1 aromatic carbocycles. The molecule has 0 heterocycles. The smallest absolute Gasteiger partial charge is 0.0130 e. The first-order valence-electron chi connectivity index (χ1n) is 6.44. The normalized spacial score (nSPS) is 22.6. The topological polar surface area (TPSA) is 3.24 Å². The van der Waals surface area contributed by atoms with Crippen LogP contribution in [0.5, 0.6) is 0 Å². The van der Waals surface area contributed by atoms with E-state index in [2.05, 4.69) is 50.2 Å². The van der Waals surface area contributed by atoms with Gasteiger partial charge < -0.3 is 4.90 Å². The van der Waals surface area contributed by atoms with Crippen LogP contribution in [0.25, 0.3) is 0 Å². The van der Waals surface area contributed by atoms with Gasteiger partial charge in [0.05, 0.1) is 0 Å². The summed E-state index contributed by atoms with van der Waals surface area (Å²) in [6, 6.07) is 9.67. The monoisotopic (exact) mass is 217 g/mol. The second-order valence-corrected chi connectivity index (χ2v) is 5.26. The van der Waals surface area contributed by atoms with Crippen molar-refractivity contribution in [2.45, 2.75) is 44.6 Å². The molecule has 0 saturated heterocycles. The molecule has 0 bridgehead atoms. The van der Waals surface area contributed by atoms with E-state index in [1.807, 2.05) is 0 Å². The molecule has 0 fully saturated rings. The van der Waals surface area contributed by atoms with E-state index in [0.29, 0.717) is 12.0 Å². The minimum Gasteiger partial charge on any atom is -0.306 e. The van der Waals surface area contributed by atoms with Crippen molar-refractivity contribution < 1.29 is 0 Å². The maximum absolute atomic E-state index is 2.35. The van der Waals surface area contributed by atoms with Crippen molar-refractivity contribution in [3.05, 3.63) is 35.4 Å². The van der Waals surface area contributed by atoms with E-state index in [1.54, 1.807) is 11.1 Å². The fourth-order valence-corrected chi connectivity index (χ4v) is 2.82. The largest absolute Gasteiger partial charge is 0.306 e. The summed E-state index contributed by atoms with van der Waals surface area (Å²) in [7, 11) is 4.39. The molecule has 0 aliphatic heterocycles. The molecule has 0 amide bonds. The van der Waals surface area contributed by atoms with Crippen LogP contribution in [0.2, 0.25) is 0 Å². The molecule has 0 aromatic heterocycles. The van der Waals surface area contributed by atoms with Crippen molar-refractivity contribution >= 4 is 0 Å². The van der Waals surface area contributed by atoms with Gasteiger partial charge in [-0.3, -0.25) is 0 Å². The van der Waals surface area contributed by atoms with Gasteiger partial charge in [-0.05, 0) is 57.3 Å². The van der Waals surface area contributed by atoms with Gasteiger partial charge in [0.2, 0.25) is 0 Å². The molecule has 0 saturated carbocycles. The number of rotatable bonds is 2. The van der Waals surface area contributed by atoms with Gasteiger partial charge in [0.15, 0.2) is 0 Å². The van der Waals surface area contributed by atoms with Crippen LogP contribution in [0.4, 0.5) is 0 Å². The summed E-state index contributed by atoms with van der Waals surface area (Å²) in [5.74, 6) is 0.716. The van der Waals surface area contributed by atoms with E-state index in [4.69, 9.17) is 0 Å². The highest BCUT2D eigenvalue weighted by Gasteiger charge is 2.24. The van der Waals surface area contributed by atoms with Crippen LogP contribution >= 0.6 is 0 Å². The zero-order valence-electron chi connectivity index (χ0n) is 10.7. The predicted octanol–water partition coefficient (Wildman–Crippen LogP) is 3.45. The number of likely N-dealkylation sites (N-methyl/N-ethyl adjacent to an activating group) is 1. The van der Waals surface area contributed by atoms with E-state index in [1.165, 1.54) is 25.7 Å². The van der Waals surface area contributed by atoms with E-state index >= 15 is 0 Å². The molecule has 88 valence electrons. The Morgan fingerprint density at radius 3 is 2.69 bits per heavy atom. The SMILES string of the molecule is CC(C1CCCCc2ccccc21)N(C)C. The highest BCUT2D eigenvalue weighted by Crippen LogP contribution is 2.33. The third-order valence-corrected chi connectivity index (χ3v) is 4.06. The standard InChI is InChI=1S/C15H23N/c1-12(16(2)3)14-10-6-4-8-13-9-5-7-11-15(13)14/h5,7,9,11-12,14H,4,6,8,10H2,1-3H3. The number of benzene rings is 1. The first-order valence-corrected chi connectivity index (χ1v) is 6.44. The van der Waals surface area contributed by atoms with Crippen LogP contribution in [0.1, 0.15) is 43.2 Å². The summed E-state index contributed by atoms with van der Waals surface area (Å²) in [6.45, 7) is 2.35. The van der Waals surface area contributed by atoms with Gasteiger partial charge in [0.1, 0.15) is 0 Å². The van der Waals surface area contributed by atoms with Gasteiger partial charge in [0, 0.05) is 6.04 Å². The van der Waals surface area contributed by atoms with Crippen molar-refractivity contribution in [1.29, 1.82) is 0 Å². The van der Waals surface area contributed by atoms with Gasteiger partial charge in [-0.2, -0.15) is 0 Å². The van der Waals surface area contributed by atoms with Gasteiger partial charge in [-0.25, -0.2) is 0 Å². The molecule has 1 nitrogen and oxygen atoms in total. The minimum absolute atomic E-state index is 0.638. The van der Waals surface area contributed by atoms with Crippen LogP contribution in [0.15, 0.2) is 24.3 Å². The quantitative estimate of drug-likeness (QED) is 0.686. The average molecular weight is 217 g/mol. The molecular weight excluding hydrogens is 194 g/mol. The molecule has 1 aromatic rings. The Morgan fingerprint density at radius 2 is 1.94 bits per heavy atom. The average Bonchev–Trinajstić information content (AvgIpc) is 2.50. The summed E-state index contributed by atoms with van der Waals surface area (Å²) in [5, 5.41) is 0. The van der Waals surface area contributed by atoms with E-state index in [9.17, 15) is 0 Å². The lowest BCUT2D eigenvalue weighted by Crippen LogP contribution is -2.31. The summed E-state index contributed by atoms with van der Waals surface area (Å²) in [6.07, 6.45) is 5.34. The van der Waals surface area contributed by atoms with Crippen LogP contribution in [-0.2, 0) is 6.42 Å². The van der Waals surface area contributed by atoms with E-state index in [0.717, 1.165) is 0 Å². The molecule has 1 aliphatic carbocycles. The molecule has 0 spiro atoms. The molecule has 2 unspecified atom stereocenters. The third kappa shape index (κ3) is 2.30. The fourth-order valence-electron chi connectivity index (χ4n) is 2.82. The maximum atomic E-state index is 2.35. The van der Waals surface area contributed by atoms with Crippen LogP contribution in [-0.4, -0.2) is 25.0 Å². The van der Waals surface area contributed by atoms with Crippen molar-refractivity contribution in [3.63, 3.8) is 0 Å². The lowest BCUT2D eigenvalue weighted by molar-refractivity contribution is 0.263. The van der Waals surface area contributed by atoms with Crippen LogP contribution in [0.3, 0.4) is 0 Å². The zero-order valence-corrected chi connectivity index (χ0v) is 10.7. The van der Waals surface area contributed by atoms with E-state index < -0.39 is 0 Å². The number of aryl methyl sites for hydroxylation is 1. The molecule has 0 radical (unpaired) electrons. The number of fused-ring (bicyclic) bond motifs is 1. The second-order valence-electron chi connectivity index (χ2n) is 5.26. The van der Waals surface area contributed by atoms with Crippen molar-refractivity contribution in [2.24, 2.45) is 0 Å². The first-order chi connectivity index (χ1) is 7.70. The number of nitrogens with zero attached hydrogens (tertiary/aromatic N) is 1. The molecule has 0 N–H and O–H groups in total. The molecule has 16 heavy (non-hydrogen) atoms. The zero-order chi connectivity index (χ0) is 11.5. The van der Waals surface area contributed by atoms with Crippen molar-refractivity contribution in [2.75, 3.05) is 14.1 Å². The predicted molar refractivity (Wildman–Crippen MR) is 69.9 cm³/mol. The van der Waals surface area contributed by atoms with Gasteiger partial charge >= 0.3 is 0 Å². The lowest BCUT2D eigenvalue weighted by Gasteiger charge is -2.30. The molecule has 2 atom stereocenters. The summed E-state index contributed by atoms with van der Waals surface area (Å²) in [5.41, 5.74) is 3.18. The first kappa shape index (κ1) is 11.7. The Bertz CT molecular complexity index is 343. The van der Waals surface area contributed by atoms with Gasteiger partial charge in [-0.15, -0.1) is 0 Å². The highest BCUT2D eigenvalue weighted by atomic mass is 15.1. The Hall–Kier alpha value is -0.820. The number of hydrogen-bond acceptors (Lipinski definition) is 1. The van der Waals surface area contributed by atoms with E-state index in [-0.39, 0.29) is 0 Å². The molecule has 1 heteroatoms. The Kier molecular flexibility index (Phi) is 3.65. The van der Waals surface area contributed by atoms with Crippen LogP contribution < -0.4 is 0 Å². The Labute approximate surface area is 99.5 Å². The number of hydrogen-bond donors (Lipinski definition) is 0. The maximum Gasteiger partial charge on any atom is 0.0130 e. The summed E-state index contributed by atoms with van der Waals surface area (Å²) < 4.78 is 0. The molecular formula is C15H23N. The van der Waals surface area contributed by atoms with Gasteiger partial charge in [0.25, 0.3) is 0 Å². The Morgan fingerprint density at radius 1 is 1.19 bits per heavy atom. The second kappa shape index (κ2) is 5.01. The fraction of sp³-hybridized carbons (Fsp3) is 0.600. The van der Waals surface area contributed by atoms with Crippen molar-refractivity contribution in [3.8, 4) is 0 Å². The molecule has 1 aliphatic rings. The highest BCUT2D eigenvalue weighted by molar-refractivity contribution is 5.32. The van der Waals surface area contributed by atoms with Crippen LogP contribution in [0, 0.1) is 0 Å². The summed E-state index contributed by atoms with van der Waals surface area (Å²) in [4.78, 5) is 2.35. The van der Waals surface area contributed by atoms with Gasteiger partial charge in [-0.1, -0.05) is 30.7 Å². The third-order valence-electron chi connectivity index (χ3n) is 4.06. The minimum atomic E-state index is 0.638.